The smallest absolute Gasteiger partial charge is 0.225 e. The van der Waals surface area contributed by atoms with E-state index in [0.717, 1.165) is 17.0 Å². The average molecular weight is 339 g/mol. The molecule has 0 aliphatic carbocycles. The molecular formula is C18H21N5O2. The number of nitrogens with one attached hydrogen (secondary N) is 1. The second kappa shape index (κ2) is 7.38. The predicted molar refractivity (Wildman–Crippen MR) is 91.1 cm³/mol. The van der Waals surface area contributed by atoms with E-state index in [1.807, 2.05) is 32.0 Å². The molecule has 1 aliphatic rings. The number of aryl methyl sites for hydroxylation is 2. The van der Waals surface area contributed by atoms with E-state index in [4.69, 9.17) is 0 Å². The highest BCUT2D eigenvalue weighted by Gasteiger charge is 2.34. The minimum absolute atomic E-state index is 0.00773. The summed E-state index contributed by atoms with van der Waals surface area (Å²) in [6.45, 7) is 4.97. The van der Waals surface area contributed by atoms with Crippen molar-refractivity contribution in [1.29, 1.82) is 0 Å². The Bertz CT molecular complexity index is 758. The third kappa shape index (κ3) is 4.37. The van der Waals surface area contributed by atoms with Crippen LogP contribution in [0.3, 0.4) is 0 Å². The second-order valence-corrected chi connectivity index (χ2v) is 6.32. The molecule has 7 nitrogen and oxygen atoms in total. The highest BCUT2D eigenvalue weighted by atomic mass is 16.2. The van der Waals surface area contributed by atoms with Crippen LogP contribution in [0, 0.1) is 19.8 Å². The van der Waals surface area contributed by atoms with Crippen molar-refractivity contribution in [2.75, 3.05) is 6.54 Å². The number of aromatic nitrogens is 3. The van der Waals surface area contributed by atoms with Gasteiger partial charge in [0.05, 0.1) is 12.5 Å². The van der Waals surface area contributed by atoms with Crippen molar-refractivity contribution in [2.45, 2.75) is 33.4 Å². The summed E-state index contributed by atoms with van der Waals surface area (Å²) in [5.41, 5.74) is 2.70. The van der Waals surface area contributed by atoms with E-state index in [-0.39, 0.29) is 30.7 Å². The normalized spacial score (nSPS) is 17.0. The molecule has 1 N–H and O–H groups in total. The lowest BCUT2D eigenvalue weighted by Crippen LogP contribution is -2.33. The zero-order valence-corrected chi connectivity index (χ0v) is 14.4. The molecule has 2 aromatic rings. The van der Waals surface area contributed by atoms with Crippen LogP contribution in [0.1, 0.15) is 29.2 Å². The van der Waals surface area contributed by atoms with Gasteiger partial charge < -0.3 is 10.2 Å². The molecule has 0 bridgehead atoms. The predicted octanol–water partition coefficient (Wildman–Crippen LogP) is 1.15. The SMILES string of the molecule is Cc1cc(C)nc(CNC(=O)[C@@H]2CC(=O)N(Cc3cccnc3)C2)n1. The Labute approximate surface area is 146 Å². The van der Waals surface area contributed by atoms with E-state index in [9.17, 15) is 9.59 Å². The molecule has 1 atom stereocenters. The van der Waals surface area contributed by atoms with Crippen molar-refractivity contribution in [3.8, 4) is 0 Å². The number of nitrogens with zero attached hydrogens (tertiary/aromatic N) is 4. The van der Waals surface area contributed by atoms with Crippen molar-refractivity contribution in [2.24, 2.45) is 5.92 Å². The van der Waals surface area contributed by atoms with Gasteiger partial charge in [0.1, 0.15) is 5.82 Å². The third-order valence-electron chi connectivity index (χ3n) is 4.13. The topological polar surface area (TPSA) is 88.1 Å². The number of pyridine rings is 1. The molecular weight excluding hydrogens is 318 g/mol. The fraction of sp³-hybridized carbons (Fsp3) is 0.389. The zero-order valence-electron chi connectivity index (χ0n) is 14.4. The molecule has 25 heavy (non-hydrogen) atoms. The summed E-state index contributed by atoms with van der Waals surface area (Å²) in [7, 11) is 0. The Morgan fingerprint density at radius 3 is 2.76 bits per heavy atom. The average Bonchev–Trinajstić information content (AvgIpc) is 2.94. The van der Waals surface area contributed by atoms with Crippen LogP contribution in [0.15, 0.2) is 30.6 Å². The standard InChI is InChI=1S/C18H21N5O2/c1-12-6-13(2)22-16(21-12)9-20-18(25)15-7-17(24)23(11-15)10-14-4-3-5-19-8-14/h3-6,8,15H,7,9-11H2,1-2H3,(H,20,25)/t15-/m1/s1. The van der Waals surface area contributed by atoms with Crippen molar-refractivity contribution in [3.63, 3.8) is 0 Å². The molecule has 0 spiro atoms. The van der Waals surface area contributed by atoms with Crippen molar-refractivity contribution in [1.82, 2.24) is 25.2 Å². The van der Waals surface area contributed by atoms with Gasteiger partial charge in [-0.05, 0) is 31.5 Å². The molecule has 1 aliphatic heterocycles. The molecule has 2 amide bonds. The van der Waals surface area contributed by atoms with E-state index >= 15 is 0 Å². The molecule has 7 heteroatoms. The van der Waals surface area contributed by atoms with Gasteiger partial charge in [0, 0.05) is 43.3 Å². The van der Waals surface area contributed by atoms with Crippen LogP contribution in [0.25, 0.3) is 0 Å². The highest BCUT2D eigenvalue weighted by Crippen LogP contribution is 2.20. The van der Waals surface area contributed by atoms with E-state index in [0.29, 0.717) is 18.9 Å². The first-order valence-electron chi connectivity index (χ1n) is 8.27. The summed E-state index contributed by atoms with van der Waals surface area (Å²) in [6, 6.07) is 5.65. The van der Waals surface area contributed by atoms with Crippen molar-refractivity contribution in [3.05, 3.63) is 53.4 Å². The van der Waals surface area contributed by atoms with Crippen LogP contribution < -0.4 is 5.32 Å². The van der Waals surface area contributed by atoms with Gasteiger partial charge in [-0.3, -0.25) is 14.6 Å². The van der Waals surface area contributed by atoms with E-state index in [1.54, 1.807) is 17.3 Å². The minimum atomic E-state index is -0.338. The van der Waals surface area contributed by atoms with E-state index < -0.39 is 0 Å². The molecule has 130 valence electrons. The van der Waals surface area contributed by atoms with Crippen molar-refractivity contribution < 1.29 is 9.59 Å². The van der Waals surface area contributed by atoms with Crippen LogP contribution in [0.4, 0.5) is 0 Å². The van der Waals surface area contributed by atoms with Crippen LogP contribution in [0.2, 0.25) is 0 Å². The molecule has 1 fully saturated rings. The van der Waals surface area contributed by atoms with Gasteiger partial charge in [-0.15, -0.1) is 0 Å². The first-order chi connectivity index (χ1) is 12.0. The van der Waals surface area contributed by atoms with Crippen molar-refractivity contribution >= 4 is 11.8 Å². The zero-order chi connectivity index (χ0) is 17.8. The third-order valence-corrected chi connectivity index (χ3v) is 4.13. The van der Waals surface area contributed by atoms with Crippen LogP contribution in [0.5, 0.6) is 0 Å². The maximum Gasteiger partial charge on any atom is 0.225 e. The summed E-state index contributed by atoms with van der Waals surface area (Å²) < 4.78 is 0. The number of likely N-dealkylation sites (tertiary alicyclic amines) is 1. The minimum Gasteiger partial charge on any atom is -0.348 e. The molecule has 0 unspecified atom stereocenters. The molecule has 2 aromatic heterocycles. The first-order valence-corrected chi connectivity index (χ1v) is 8.27. The summed E-state index contributed by atoms with van der Waals surface area (Å²) >= 11 is 0. The summed E-state index contributed by atoms with van der Waals surface area (Å²) in [6.07, 6.45) is 3.67. The van der Waals surface area contributed by atoms with Crippen LogP contribution >= 0.6 is 0 Å². The number of hydrogen-bond acceptors (Lipinski definition) is 5. The largest absolute Gasteiger partial charge is 0.348 e. The quantitative estimate of drug-likeness (QED) is 0.883. The van der Waals surface area contributed by atoms with Gasteiger partial charge in [0.2, 0.25) is 11.8 Å². The summed E-state index contributed by atoms with van der Waals surface area (Å²) in [5.74, 6) is 0.105. The fourth-order valence-electron chi connectivity index (χ4n) is 3.00. The summed E-state index contributed by atoms with van der Waals surface area (Å²) in [4.78, 5) is 38.9. The lowest BCUT2D eigenvalue weighted by molar-refractivity contribution is -0.129. The monoisotopic (exact) mass is 339 g/mol. The van der Waals surface area contributed by atoms with Gasteiger partial charge in [-0.2, -0.15) is 0 Å². The van der Waals surface area contributed by atoms with Gasteiger partial charge >= 0.3 is 0 Å². The molecule has 0 saturated carbocycles. The Hall–Kier alpha value is -2.83. The Balaban J connectivity index is 1.55. The second-order valence-electron chi connectivity index (χ2n) is 6.32. The number of rotatable bonds is 5. The summed E-state index contributed by atoms with van der Waals surface area (Å²) in [5, 5.41) is 2.85. The van der Waals surface area contributed by atoms with Gasteiger partial charge in [0.25, 0.3) is 0 Å². The first kappa shape index (κ1) is 17.0. The fourth-order valence-corrected chi connectivity index (χ4v) is 3.00. The number of amides is 2. The van der Waals surface area contributed by atoms with E-state index in [2.05, 4.69) is 20.3 Å². The van der Waals surface area contributed by atoms with E-state index in [1.165, 1.54) is 0 Å². The molecule has 3 heterocycles. The highest BCUT2D eigenvalue weighted by molar-refractivity contribution is 5.89. The molecule has 0 aromatic carbocycles. The van der Waals surface area contributed by atoms with Crippen LogP contribution in [-0.2, 0) is 22.7 Å². The lowest BCUT2D eigenvalue weighted by Gasteiger charge is -2.16. The van der Waals surface area contributed by atoms with Crippen LogP contribution in [-0.4, -0.2) is 38.2 Å². The Kier molecular flexibility index (Phi) is 5.02. The maximum absolute atomic E-state index is 12.4. The Morgan fingerprint density at radius 2 is 2.08 bits per heavy atom. The molecule has 3 rings (SSSR count). The number of carbonyl (C=O) groups is 2. The Morgan fingerprint density at radius 1 is 1.32 bits per heavy atom. The lowest BCUT2D eigenvalue weighted by atomic mass is 10.1. The van der Waals surface area contributed by atoms with Gasteiger partial charge in [-0.1, -0.05) is 6.07 Å². The van der Waals surface area contributed by atoms with Gasteiger partial charge in [0.15, 0.2) is 0 Å². The maximum atomic E-state index is 12.4. The number of carbonyl (C=O) groups excluding carboxylic acids is 2. The molecule has 1 saturated heterocycles. The number of hydrogen-bond donors (Lipinski definition) is 1. The molecule has 0 radical (unpaired) electrons. The van der Waals surface area contributed by atoms with Gasteiger partial charge in [-0.25, -0.2) is 9.97 Å².